The lowest BCUT2D eigenvalue weighted by atomic mass is 10.1. The molecule has 0 unspecified atom stereocenters. The number of hydrogen-bond donors (Lipinski definition) is 1. The average molecular weight is 374 g/mol. The van der Waals surface area contributed by atoms with E-state index >= 15 is 0 Å². The average Bonchev–Trinajstić information content (AvgIpc) is 3.01. The minimum atomic E-state index is -0.562. The van der Waals surface area contributed by atoms with Crippen LogP contribution < -0.4 is 5.32 Å². The predicted molar refractivity (Wildman–Crippen MR) is 98.3 cm³/mol. The van der Waals surface area contributed by atoms with Crippen molar-refractivity contribution >= 4 is 40.2 Å². The van der Waals surface area contributed by atoms with E-state index in [1.165, 1.54) is 23.5 Å². The molecular formula is C17H12ClN3O3S. The van der Waals surface area contributed by atoms with Gasteiger partial charge in [-0.2, -0.15) is 0 Å². The molecule has 3 rings (SSSR count). The number of nitro benzene ring substituents is 1. The van der Waals surface area contributed by atoms with Crippen molar-refractivity contribution in [2.75, 3.05) is 5.32 Å². The molecule has 0 fully saturated rings. The molecule has 1 N–H and O–H groups in total. The molecule has 0 atom stereocenters. The minimum Gasteiger partial charge on any atom is -0.321 e. The fourth-order valence-electron chi connectivity index (χ4n) is 2.29. The second-order valence-electron chi connectivity index (χ2n) is 5.17. The zero-order valence-electron chi connectivity index (χ0n) is 13.0. The molecule has 0 aliphatic heterocycles. The Hall–Kier alpha value is -2.77. The van der Waals surface area contributed by atoms with Crippen LogP contribution in [0, 0.1) is 17.0 Å². The number of carbonyl (C=O) groups excluding carboxylic acids is 1. The molecule has 1 aromatic heterocycles. The van der Waals surface area contributed by atoms with Gasteiger partial charge in [0.05, 0.1) is 31.9 Å². The Morgan fingerprint density at radius 2 is 2.04 bits per heavy atom. The zero-order chi connectivity index (χ0) is 18.0. The number of nitrogens with one attached hydrogen (secondary N) is 1. The number of hydrogen-bond acceptors (Lipinski definition) is 5. The van der Waals surface area contributed by atoms with E-state index in [4.69, 9.17) is 11.6 Å². The van der Waals surface area contributed by atoms with Gasteiger partial charge >= 0.3 is 0 Å². The van der Waals surface area contributed by atoms with Crippen molar-refractivity contribution < 1.29 is 9.72 Å². The Morgan fingerprint density at radius 1 is 1.28 bits per heavy atom. The standard InChI is InChI=1S/C17H12ClN3O3S/c1-10-19-16(9-25-10)13-4-2-3-5-15(13)20-17(22)12-7-6-11(21(23)24)8-14(12)18/h2-9H,1H3,(H,20,22). The van der Waals surface area contributed by atoms with Crippen LogP contribution in [0.15, 0.2) is 47.8 Å². The van der Waals surface area contributed by atoms with E-state index in [9.17, 15) is 14.9 Å². The molecule has 0 saturated heterocycles. The summed E-state index contributed by atoms with van der Waals surface area (Å²) in [5, 5.41) is 16.4. The minimum absolute atomic E-state index is 0.0219. The molecule has 0 saturated carbocycles. The molecule has 3 aromatic rings. The van der Waals surface area contributed by atoms with Crippen molar-refractivity contribution in [3.8, 4) is 11.3 Å². The van der Waals surface area contributed by atoms with Gasteiger partial charge in [-0.15, -0.1) is 11.3 Å². The van der Waals surface area contributed by atoms with Crippen molar-refractivity contribution in [2.24, 2.45) is 0 Å². The molecule has 0 spiro atoms. The molecule has 6 nitrogen and oxygen atoms in total. The van der Waals surface area contributed by atoms with Gasteiger partial charge in [0.25, 0.3) is 11.6 Å². The summed E-state index contributed by atoms with van der Waals surface area (Å²) < 4.78 is 0. The normalized spacial score (nSPS) is 10.5. The lowest BCUT2D eigenvalue weighted by Gasteiger charge is -2.10. The summed E-state index contributed by atoms with van der Waals surface area (Å²) in [5.41, 5.74) is 2.15. The number of carbonyl (C=O) groups is 1. The molecule has 8 heteroatoms. The number of anilines is 1. The summed E-state index contributed by atoms with van der Waals surface area (Å²) in [6, 6.07) is 11.0. The lowest BCUT2D eigenvalue weighted by molar-refractivity contribution is -0.384. The van der Waals surface area contributed by atoms with Crippen LogP contribution in [0.25, 0.3) is 11.3 Å². The first-order valence-corrected chi connectivity index (χ1v) is 8.48. The number of thiazole rings is 1. The monoisotopic (exact) mass is 373 g/mol. The third-order valence-electron chi connectivity index (χ3n) is 3.48. The van der Waals surface area contributed by atoms with Crippen molar-refractivity contribution in [1.29, 1.82) is 0 Å². The Labute approximate surface area is 152 Å². The van der Waals surface area contributed by atoms with Crippen LogP contribution >= 0.6 is 22.9 Å². The predicted octanol–water partition coefficient (Wildman–Crippen LogP) is 4.93. The number of nitrogens with zero attached hydrogens (tertiary/aromatic N) is 2. The zero-order valence-corrected chi connectivity index (χ0v) is 14.6. The van der Waals surface area contributed by atoms with Gasteiger partial charge in [0.15, 0.2) is 0 Å². The highest BCUT2D eigenvalue weighted by Gasteiger charge is 2.17. The number of halogens is 1. The fourth-order valence-corrected chi connectivity index (χ4v) is 3.17. The summed E-state index contributed by atoms with van der Waals surface area (Å²) in [6.07, 6.45) is 0. The maximum Gasteiger partial charge on any atom is 0.270 e. The third-order valence-corrected chi connectivity index (χ3v) is 4.56. The third kappa shape index (κ3) is 3.67. The summed E-state index contributed by atoms with van der Waals surface area (Å²) in [5.74, 6) is -0.445. The van der Waals surface area contributed by atoms with E-state index in [0.717, 1.165) is 22.3 Å². The fraction of sp³-hybridized carbons (Fsp3) is 0.0588. The van der Waals surface area contributed by atoms with E-state index in [1.54, 1.807) is 12.1 Å². The topological polar surface area (TPSA) is 85.1 Å². The van der Waals surface area contributed by atoms with Gasteiger partial charge in [-0.1, -0.05) is 29.8 Å². The largest absolute Gasteiger partial charge is 0.321 e. The van der Waals surface area contributed by atoms with Crippen molar-refractivity contribution in [3.05, 3.63) is 73.6 Å². The maximum atomic E-state index is 12.5. The van der Waals surface area contributed by atoms with E-state index in [-0.39, 0.29) is 16.3 Å². The van der Waals surface area contributed by atoms with Gasteiger partial charge in [-0.05, 0) is 19.1 Å². The van der Waals surface area contributed by atoms with Gasteiger partial charge in [0.1, 0.15) is 0 Å². The molecule has 0 aliphatic rings. The van der Waals surface area contributed by atoms with E-state index < -0.39 is 10.8 Å². The number of benzene rings is 2. The Balaban J connectivity index is 1.91. The Morgan fingerprint density at radius 3 is 2.68 bits per heavy atom. The second kappa shape index (κ2) is 7.00. The van der Waals surface area contributed by atoms with Crippen LogP contribution in [0.1, 0.15) is 15.4 Å². The smallest absolute Gasteiger partial charge is 0.270 e. The van der Waals surface area contributed by atoms with Crippen LogP contribution in [0.5, 0.6) is 0 Å². The Bertz CT molecular complexity index is 971. The number of nitro groups is 1. The van der Waals surface area contributed by atoms with Crippen LogP contribution in [-0.2, 0) is 0 Å². The second-order valence-corrected chi connectivity index (χ2v) is 6.64. The molecular weight excluding hydrogens is 362 g/mol. The molecule has 0 bridgehead atoms. The number of non-ortho nitro benzene ring substituents is 1. The van der Waals surface area contributed by atoms with Gasteiger partial charge in [0, 0.05) is 23.1 Å². The molecule has 1 amide bonds. The van der Waals surface area contributed by atoms with Gasteiger partial charge in [0.2, 0.25) is 0 Å². The molecule has 0 radical (unpaired) electrons. The summed E-state index contributed by atoms with van der Waals surface area (Å²) >= 11 is 7.54. The SMILES string of the molecule is Cc1nc(-c2ccccc2NC(=O)c2ccc([N+](=O)[O-])cc2Cl)cs1. The molecule has 1 heterocycles. The van der Waals surface area contributed by atoms with E-state index in [0.29, 0.717) is 5.69 Å². The maximum absolute atomic E-state index is 12.5. The van der Waals surface area contributed by atoms with E-state index in [1.807, 2.05) is 24.4 Å². The number of aromatic nitrogens is 1. The molecule has 126 valence electrons. The highest BCUT2D eigenvalue weighted by Crippen LogP contribution is 2.30. The van der Waals surface area contributed by atoms with Crippen LogP contribution in [-0.4, -0.2) is 15.8 Å². The molecule has 2 aromatic carbocycles. The molecule has 25 heavy (non-hydrogen) atoms. The molecule has 0 aliphatic carbocycles. The Kier molecular flexibility index (Phi) is 4.78. The van der Waals surface area contributed by atoms with Crippen LogP contribution in [0.4, 0.5) is 11.4 Å². The van der Waals surface area contributed by atoms with Crippen LogP contribution in [0.2, 0.25) is 5.02 Å². The van der Waals surface area contributed by atoms with Gasteiger partial charge in [-0.3, -0.25) is 14.9 Å². The van der Waals surface area contributed by atoms with Crippen molar-refractivity contribution in [1.82, 2.24) is 4.98 Å². The number of rotatable bonds is 4. The quantitative estimate of drug-likeness (QED) is 0.518. The lowest BCUT2D eigenvalue weighted by Crippen LogP contribution is -2.13. The first-order valence-electron chi connectivity index (χ1n) is 7.22. The summed E-state index contributed by atoms with van der Waals surface area (Å²) in [6.45, 7) is 1.91. The van der Waals surface area contributed by atoms with E-state index in [2.05, 4.69) is 10.3 Å². The van der Waals surface area contributed by atoms with Gasteiger partial charge in [-0.25, -0.2) is 4.98 Å². The van der Waals surface area contributed by atoms with Crippen LogP contribution in [0.3, 0.4) is 0 Å². The number of aryl methyl sites for hydroxylation is 1. The number of para-hydroxylation sites is 1. The first-order chi connectivity index (χ1) is 12.0. The number of amides is 1. The van der Waals surface area contributed by atoms with Crippen molar-refractivity contribution in [2.45, 2.75) is 6.92 Å². The summed E-state index contributed by atoms with van der Waals surface area (Å²) in [4.78, 5) is 27.2. The summed E-state index contributed by atoms with van der Waals surface area (Å²) in [7, 11) is 0. The highest BCUT2D eigenvalue weighted by atomic mass is 35.5. The highest BCUT2D eigenvalue weighted by molar-refractivity contribution is 7.09. The van der Waals surface area contributed by atoms with Crippen molar-refractivity contribution in [3.63, 3.8) is 0 Å². The van der Waals surface area contributed by atoms with Gasteiger partial charge < -0.3 is 5.32 Å². The first kappa shape index (κ1) is 17.1.